The third-order valence-electron chi connectivity index (χ3n) is 1.28. The standard InChI is InChI=1S/C6H11N3O4/c7-4(10)2-1-3(5(11)12)9-6(8)13/h3H,1-2H2,(H2,7,10)(H,11,12)(H3,8,9,13)/p-1/t3-/m0/s1. The molecule has 0 aromatic heterocycles. The number of carboxylic acids is 1. The zero-order valence-electron chi connectivity index (χ0n) is 6.78. The summed E-state index contributed by atoms with van der Waals surface area (Å²) >= 11 is 0. The zero-order valence-corrected chi connectivity index (χ0v) is 6.78. The van der Waals surface area contributed by atoms with Crippen molar-refractivity contribution in [3.05, 3.63) is 0 Å². The average Bonchev–Trinajstić information content (AvgIpc) is 1.96. The number of carboxylic acid groups (broad SMARTS) is 1. The molecule has 5 N–H and O–H groups in total. The molecule has 0 aliphatic heterocycles. The number of hydrogen-bond acceptors (Lipinski definition) is 4. The van der Waals surface area contributed by atoms with Crippen LogP contribution in [0.3, 0.4) is 0 Å². The summed E-state index contributed by atoms with van der Waals surface area (Å²) in [6.45, 7) is 0. The van der Waals surface area contributed by atoms with Crippen LogP contribution in [-0.2, 0) is 9.59 Å². The summed E-state index contributed by atoms with van der Waals surface area (Å²) in [4.78, 5) is 30.9. The molecule has 0 aliphatic rings. The predicted octanol–water partition coefficient (Wildman–Crippen LogP) is -2.96. The van der Waals surface area contributed by atoms with Gasteiger partial charge in [-0.15, -0.1) is 0 Å². The van der Waals surface area contributed by atoms with E-state index in [0.29, 0.717) is 0 Å². The Morgan fingerprint density at radius 3 is 2.15 bits per heavy atom. The number of hydrogen-bond donors (Lipinski definition) is 3. The van der Waals surface area contributed by atoms with Crippen LogP contribution in [0.15, 0.2) is 0 Å². The summed E-state index contributed by atoms with van der Waals surface area (Å²) in [6.07, 6.45) is -0.278. The molecule has 13 heavy (non-hydrogen) atoms. The highest BCUT2D eigenvalue weighted by Crippen LogP contribution is 1.95. The molecule has 0 radical (unpaired) electrons. The van der Waals surface area contributed by atoms with Gasteiger partial charge < -0.3 is 26.7 Å². The van der Waals surface area contributed by atoms with Crippen molar-refractivity contribution in [3.8, 4) is 0 Å². The van der Waals surface area contributed by atoms with E-state index in [4.69, 9.17) is 5.73 Å². The summed E-state index contributed by atoms with van der Waals surface area (Å²) in [5.74, 6) is -2.16. The van der Waals surface area contributed by atoms with Crippen molar-refractivity contribution in [3.63, 3.8) is 0 Å². The number of aliphatic carboxylic acids is 1. The van der Waals surface area contributed by atoms with Gasteiger partial charge in [0.15, 0.2) is 0 Å². The molecule has 0 heterocycles. The molecule has 0 saturated carbocycles. The lowest BCUT2D eigenvalue weighted by molar-refractivity contribution is -0.308. The number of primary amides is 2. The highest BCUT2D eigenvalue weighted by atomic mass is 16.4. The molecule has 0 fully saturated rings. The minimum atomic E-state index is -1.50. The van der Waals surface area contributed by atoms with Crippen LogP contribution >= 0.6 is 0 Å². The largest absolute Gasteiger partial charge is 0.548 e. The van der Waals surface area contributed by atoms with Crippen LogP contribution in [0, 0.1) is 0 Å². The quantitative estimate of drug-likeness (QED) is 0.424. The van der Waals surface area contributed by atoms with Gasteiger partial charge in [0.1, 0.15) is 0 Å². The first-order valence-electron chi connectivity index (χ1n) is 3.48. The van der Waals surface area contributed by atoms with Gasteiger partial charge in [-0.1, -0.05) is 0 Å². The van der Waals surface area contributed by atoms with Crippen LogP contribution in [0.4, 0.5) is 4.79 Å². The number of carbonyl (C=O) groups is 3. The van der Waals surface area contributed by atoms with E-state index in [-0.39, 0.29) is 12.8 Å². The molecular weight excluding hydrogens is 178 g/mol. The van der Waals surface area contributed by atoms with Crippen molar-refractivity contribution < 1.29 is 19.5 Å². The zero-order chi connectivity index (χ0) is 10.4. The fourth-order valence-corrected chi connectivity index (χ4v) is 0.707. The second-order valence-electron chi connectivity index (χ2n) is 2.39. The maximum Gasteiger partial charge on any atom is 0.312 e. The van der Waals surface area contributed by atoms with Crippen molar-refractivity contribution in [2.75, 3.05) is 0 Å². The maximum atomic E-state index is 10.3. The lowest BCUT2D eigenvalue weighted by Gasteiger charge is -2.17. The molecule has 0 aliphatic carbocycles. The highest BCUT2D eigenvalue weighted by Gasteiger charge is 2.12. The van der Waals surface area contributed by atoms with E-state index < -0.39 is 23.9 Å². The van der Waals surface area contributed by atoms with Gasteiger partial charge in [-0.2, -0.15) is 0 Å². The maximum absolute atomic E-state index is 10.3. The normalized spacial score (nSPS) is 11.7. The van der Waals surface area contributed by atoms with Crippen molar-refractivity contribution in [1.82, 2.24) is 5.32 Å². The van der Waals surface area contributed by atoms with Crippen LogP contribution in [0.1, 0.15) is 12.8 Å². The average molecular weight is 188 g/mol. The molecule has 7 heteroatoms. The van der Waals surface area contributed by atoms with Gasteiger partial charge >= 0.3 is 6.03 Å². The topological polar surface area (TPSA) is 138 Å². The summed E-state index contributed by atoms with van der Waals surface area (Å²) in [5, 5.41) is 12.2. The molecule has 7 nitrogen and oxygen atoms in total. The van der Waals surface area contributed by atoms with Crippen LogP contribution in [0.25, 0.3) is 0 Å². The predicted molar refractivity (Wildman–Crippen MR) is 39.9 cm³/mol. The van der Waals surface area contributed by atoms with Gasteiger partial charge in [-0.05, 0) is 6.42 Å². The number of rotatable bonds is 5. The van der Waals surface area contributed by atoms with Gasteiger partial charge in [-0.25, -0.2) is 4.79 Å². The Balaban J connectivity index is 4.02. The van der Waals surface area contributed by atoms with Crippen molar-refractivity contribution in [2.24, 2.45) is 11.5 Å². The third-order valence-corrected chi connectivity index (χ3v) is 1.28. The van der Waals surface area contributed by atoms with Crippen molar-refractivity contribution in [1.29, 1.82) is 0 Å². The Hall–Kier alpha value is -1.79. The minimum absolute atomic E-state index is 0.124. The monoisotopic (exact) mass is 188 g/mol. The van der Waals surface area contributed by atoms with Gasteiger partial charge in [0.05, 0.1) is 12.0 Å². The summed E-state index contributed by atoms with van der Waals surface area (Å²) in [5.41, 5.74) is 9.46. The first-order valence-corrected chi connectivity index (χ1v) is 3.48. The number of urea groups is 1. The summed E-state index contributed by atoms with van der Waals surface area (Å²) in [7, 11) is 0. The Bertz CT molecular complexity index is 228. The summed E-state index contributed by atoms with van der Waals surface area (Å²) in [6, 6.07) is -2.26. The number of carbonyl (C=O) groups excluding carboxylic acids is 3. The Morgan fingerprint density at radius 2 is 1.85 bits per heavy atom. The Kier molecular flexibility index (Phi) is 4.28. The van der Waals surface area contributed by atoms with E-state index in [2.05, 4.69) is 5.73 Å². The van der Waals surface area contributed by atoms with E-state index in [1.54, 1.807) is 0 Å². The number of nitrogens with two attached hydrogens (primary N) is 2. The van der Waals surface area contributed by atoms with Gasteiger partial charge in [0, 0.05) is 6.42 Å². The van der Waals surface area contributed by atoms with E-state index in [9.17, 15) is 19.5 Å². The van der Waals surface area contributed by atoms with Crippen LogP contribution in [0.2, 0.25) is 0 Å². The second kappa shape index (κ2) is 4.96. The van der Waals surface area contributed by atoms with E-state index >= 15 is 0 Å². The second-order valence-corrected chi connectivity index (χ2v) is 2.39. The molecule has 0 rings (SSSR count). The summed E-state index contributed by atoms with van der Waals surface area (Å²) < 4.78 is 0. The van der Waals surface area contributed by atoms with Crippen LogP contribution < -0.4 is 21.9 Å². The molecular formula is C6H10N3O4-. The lowest BCUT2D eigenvalue weighted by atomic mass is 10.1. The molecule has 0 saturated heterocycles. The van der Waals surface area contributed by atoms with E-state index in [1.165, 1.54) is 0 Å². The highest BCUT2D eigenvalue weighted by molar-refractivity contribution is 5.81. The van der Waals surface area contributed by atoms with Gasteiger partial charge in [-0.3, -0.25) is 4.79 Å². The van der Waals surface area contributed by atoms with Gasteiger partial charge in [0.25, 0.3) is 0 Å². The fraction of sp³-hybridized carbons (Fsp3) is 0.500. The molecule has 0 aromatic rings. The molecule has 1 atom stereocenters. The van der Waals surface area contributed by atoms with E-state index in [0.717, 1.165) is 0 Å². The van der Waals surface area contributed by atoms with Gasteiger partial charge in [0.2, 0.25) is 5.91 Å². The van der Waals surface area contributed by atoms with Crippen LogP contribution in [-0.4, -0.2) is 23.9 Å². The third kappa shape index (κ3) is 5.48. The van der Waals surface area contributed by atoms with Crippen molar-refractivity contribution in [2.45, 2.75) is 18.9 Å². The molecule has 0 spiro atoms. The number of amides is 3. The molecule has 74 valence electrons. The molecule has 0 unspecified atom stereocenters. The Labute approximate surface area is 74.1 Å². The molecule has 0 aromatic carbocycles. The SMILES string of the molecule is NC(=O)CC[C@H](NC(N)=O)C(=O)[O-]. The van der Waals surface area contributed by atoms with Crippen LogP contribution in [0.5, 0.6) is 0 Å². The molecule has 3 amide bonds. The minimum Gasteiger partial charge on any atom is -0.548 e. The number of nitrogens with one attached hydrogen (secondary N) is 1. The van der Waals surface area contributed by atoms with Crippen molar-refractivity contribution >= 4 is 17.9 Å². The fourth-order valence-electron chi connectivity index (χ4n) is 0.707. The van der Waals surface area contributed by atoms with E-state index in [1.807, 2.05) is 5.32 Å². The lowest BCUT2D eigenvalue weighted by Crippen LogP contribution is -2.49. The smallest absolute Gasteiger partial charge is 0.312 e. The molecule has 0 bridgehead atoms. The first kappa shape index (κ1) is 11.2. The Morgan fingerprint density at radius 1 is 1.31 bits per heavy atom. The first-order chi connectivity index (χ1) is 5.93.